The third kappa shape index (κ3) is 9.29. The van der Waals surface area contributed by atoms with E-state index in [9.17, 15) is 18.0 Å². The lowest BCUT2D eigenvalue weighted by Gasteiger charge is -2.34. The molecule has 0 aliphatic heterocycles. The Bertz CT molecular complexity index is 1800. The second-order valence-electron chi connectivity index (χ2n) is 11.9. The molecule has 0 saturated heterocycles. The second kappa shape index (κ2) is 16.5. The van der Waals surface area contributed by atoms with Crippen molar-refractivity contribution in [1.29, 1.82) is 0 Å². The summed E-state index contributed by atoms with van der Waals surface area (Å²) in [5.74, 6) is -0.136. The predicted molar refractivity (Wildman–Crippen MR) is 189 cm³/mol. The maximum atomic E-state index is 14.6. The number of anilines is 1. The molecule has 0 aliphatic carbocycles. The van der Waals surface area contributed by atoms with Crippen molar-refractivity contribution >= 4 is 39.1 Å². The van der Waals surface area contributed by atoms with Crippen LogP contribution in [0.5, 0.6) is 11.5 Å². The molecular formula is C37H42ClN3O6S. The molecule has 0 saturated carbocycles. The molecule has 2 amide bonds. The van der Waals surface area contributed by atoms with E-state index in [1.165, 1.54) is 49.5 Å². The second-order valence-corrected chi connectivity index (χ2v) is 14.2. The molecule has 0 heterocycles. The van der Waals surface area contributed by atoms with Crippen molar-refractivity contribution in [1.82, 2.24) is 10.2 Å². The van der Waals surface area contributed by atoms with Crippen molar-refractivity contribution in [2.45, 2.75) is 44.7 Å². The van der Waals surface area contributed by atoms with Gasteiger partial charge in [0.15, 0.2) is 11.5 Å². The lowest BCUT2D eigenvalue weighted by atomic mass is 10.0. The fourth-order valence-electron chi connectivity index (χ4n) is 5.22. The number of methoxy groups -OCH3 is 2. The number of ether oxygens (including phenoxy) is 2. The van der Waals surface area contributed by atoms with Gasteiger partial charge in [-0.25, -0.2) is 8.42 Å². The number of carbonyl (C=O) groups excluding carboxylic acids is 2. The Morgan fingerprint density at radius 3 is 2.12 bits per heavy atom. The maximum absolute atomic E-state index is 14.6. The Hall–Kier alpha value is -4.54. The number of hydrogen-bond donors (Lipinski definition) is 1. The number of hydrogen-bond acceptors (Lipinski definition) is 6. The fourth-order valence-corrected chi connectivity index (χ4v) is 6.78. The summed E-state index contributed by atoms with van der Waals surface area (Å²) in [5.41, 5.74) is 2.88. The molecule has 9 nitrogen and oxygen atoms in total. The average Bonchev–Trinajstić information content (AvgIpc) is 3.08. The highest BCUT2D eigenvalue weighted by Crippen LogP contribution is 2.33. The van der Waals surface area contributed by atoms with Crippen molar-refractivity contribution in [3.63, 3.8) is 0 Å². The number of nitrogens with zero attached hydrogens (tertiary/aromatic N) is 2. The van der Waals surface area contributed by atoms with E-state index >= 15 is 0 Å². The van der Waals surface area contributed by atoms with Gasteiger partial charge in [-0.05, 0) is 60.4 Å². The van der Waals surface area contributed by atoms with E-state index in [-0.39, 0.29) is 41.1 Å². The minimum absolute atomic E-state index is 0.0813. The van der Waals surface area contributed by atoms with Crippen molar-refractivity contribution in [2.75, 3.05) is 31.6 Å². The zero-order valence-corrected chi connectivity index (χ0v) is 29.4. The molecule has 0 bridgehead atoms. The van der Waals surface area contributed by atoms with Gasteiger partial charge >= 0.3 is 0 Å². The largest absolute Gasteiger partial charge is 0.493 e. The van der Waals surface area contributed by atoms with Crippen LogP contribution in [0.1, 0.15) is 30.5 Å². The zero-order valence-electron chi connectivity index (χ0n) is 27.9. The van der Waals surface area contributed by atoms with Crippen LogP contribution >= 0.6 is 11.6 Å². The summed E-state index contributed by atoms with van der Waals surface area (Å²) in [6.45, 7) is 5.84. The van der Waals surface area contributed by atoms with Gasteiger partial charge in [-0.3, -0.25) is 13.9 Å². The number of nitrogens with one attached hydrogen (secondary N) is 1. The van der Waals surface area contributed by atoms with E-state index in [4.69, 9.17) is 21.1 Å². The Kier molecular flexibility index (Phi) is 12.5. The minimum Gasteiger partial charge on any atom is -0.493 e. The number of sulfonamides is 1. The van der Waals surface area contributed by atoms with Gasteiger partial charge in [0.25, 0.3) is 10.0 Å². The van der Waals surface area contributed by atoms with E-state index in [1.54, 1.807) is 12.1 Å². The van der Waals surface area contributed by atoms with Crippen molar-refractivity contribution < 1.29 is 27.5 Å². The van der Waals surface area contributed by atoms with Gasteiger partial charge in [-0.2, -0.15) is 0 Å². The summed E-state index contributed by atoms with van der Waals surface area (Å²) in [4.78, 5) is 29.9. The molecule has 48 heavy (non-hydrogen) atoms. The fraction of sp³-hybridized carbons (Fsp3) is 0.297. The third-order valence-corrected chi connectivity index (χ3v) is 9.75. The average molecular weight is 692 g/mol. The SMILES string of the molecule is COc1ccc(S(=O)(=O)N(CC(=O)N(Cc2cccc(C)c2)[C@@H](Cc2ccccc2)C(=O)NCC(C)C)c2ccc(Cl)cc2)cc1OC. The van der Waals surface area contributed by atoms with Crippen LogP contribution in [0.15, 0.2) is 102 Å². The smallest absolute Gasteiger partial charge is 0.264 e. The van der Waals surface area contributed by atoms with Crippen LogP contribution in [0.4, 0.5) is 5.69 Å². The number of carbonyl (C=O) groups is 2. The van der Waals surface area contributed by atoms with Crippen LogP contribution in [0.3, 0.4) is 0 Å². The summed E-state index contributed by atoms with van der Waals surface area (Å²) >= 11 is 6.17. The van der Waals surface area contributed by atoms with Crippen LogP contribution in [0.25, 0.3) is 0 Å². The van der Waals surface area contributed by atoms with Crippen molar-refractivity contribution in [3.05, 3.63) is 119 Å². The van der Waals surface area contributed by atoms with E-state index in [1.807, 2.05) is 75.4 Å². The topological polar surface area (TPSA) is 105 Å². The zero-order chi connectivity index (χ0) is 34.8. The lowest BCUT2D eigenvalue weighted by Crippen LogP contribution is -2.53. The van der Waals surface area contributed by atoms with Gasteiger partial charge in [0.1, 0.15) is 12.6 Å². The highest BCUT2D eigenvalue weighted by atomic mass is 35.5. The van der Waals surface area contributed by atoms with E-state index in [2.05, 4.69) is 5.32 Å². The third-order valence-electron chi connectivity index (χ3n) is 7.73. The van der Waals surface area contributed by atoms with Gasteiger partial charge in [0.05, 0.1) is 24.8 Å². The van der Waals surface area contributed by atoms with Crippen molar-refractivity contribution in [3.8, 4) is 11.5 Å². The quantitative estimate of drug-likeness (QED) is 0.158. The van der Waals surface area contributed by atoms with Crippen LogP contribution in [0, 0.1) is 12.8 Å². The van der Waals surface area contributed by atoms with Crippen LogP contribution in [-0.2, 0) is 32.6 Å². The molecule has 1 N–H and O–H groups in total. The standard InChI is InChI=1S/C37H42ClN3O6S/c1-26(2)23-39-37(43)33(21-28-11-7-6-8-12-28)40(24-29-13-9-10-27(3)20-29)36(42)25-41(31-16-14-30(38)15-17-31)48(44,45)32-18-19-34(46-4)35(22-32)47-5/h6-20,22,26,33H,21,23-25H2,1-5H3,(H,39,43)/t33-/m0/s1. The van der Waals surface area contributed by atoms with Crippen LogP contribution in [0.2, 0.25) is 5.02 Å². The Balaban J connectivity index is 1.82. The van der Waals surface area contributed by atoms with Gasteiger partial charge < -0.3 is 19.7 Å². The predicted octanol–water partition coefficient (Wildman–Crippen LogP) is 6.27. The van der Waals surface area contributed by atoms with E-state index in [0.717, 1.165) is 21.0 Å². The van der Waals surface area contributed by atoms with Crippen LogP contribution < -0.4 is 19.1 Å². The molecule has 0 unspecified atom stereocenters. The normalized spacial score (nSPS) is 11.9. The molecule has 0 radical (unpaired) electrons. The molecule has 11 heteroatoms. The number of amides is 2. The molecule has 0 aliphatic rings. The number of benzene rings is 4. The summed E-state index contributed by atoms with van der Waals surface area (Å²) in [6, 6.07) is 26.6. The Morgan fingerprint density at radius 1 is 0.833 bits per heavy atom. The molecule has 4 aromatic rings. The van der Waals surface area contributed by atoms with Crippen molar-refractivity contribution in [2.24, 2.45) is 5.92 Å². The number of halogens is 1. The first-order valence-corrected chi connectivity index (χ1v) is 17.4. The molecule has 0 fully saturated rings. The monoisotopic (exact) mass is 691 g/mol. The minimum atomic E-state index is -4.35. The molecular weight excluding hydrogens is 650 g/mol. The van der Waals surface area contributed by atoms with E-state index < -0.39 is 28.5 Å². The van der Waals surface area contributed by atoms with Gasteiger partial charge in [0, 0.05) is 30.6 Å². The van der Waals surface area contributed by atoms with Gasteiger partial charge in [0.2, 0.25) is 11.8 Å². The highest BCUT2D eigenvalue weighted by Gasteiger charge is 2.35. The number of aryl methyl sites for hydroxylation is 1. The molecule has 1 atom stereocenters. The maximum Gasteiger partial charge on any atom is 0.264 e. The first-order chi connectivity index (χ1) is 22.9. The Morgan fingerprint density at radius 2 is 1.50 bits per heavy atom. The molecule has 4 rings (SSSR count). The van der Waals surface area contributed by atoms with Gasteiger partial charge in [-0.1, -0.05) is 85.6 Å². The lowest BCUT2D eigenvalue weighted by molar-refractivity contribution is -0.140. The first-order valence-electron chi connectivity index (χ1n) is 15.6. The van der Waals surface area contributed by atoms with E-state index in [0.29, 0.717) is 17.3 Å². The molecule has 0 aromatic heterocycles. The molecule has 4 aromatic carbocycles. The molecule has 0 spiro atoms. The molecule has 254 valence electrons. The van der Waals surface area contributed by atoms with Gasteiger partial charge in [-0.15, -0.1) is 0 Å². The first kappa shape index (κ1) is 36.3. The van der Waals surface area contributed by atoms with Crippen LogP contribution in [-0.4, -0.2) is 58.5 Å². The summed E-state index contributed by atoms with van der Waals surface area (Å²) in [7, 11) is -1.49. The summed E-state index contributed by atoms with van der Waals surface area (Å²) in [5, 5.41) is 3.40. The summed E-state index contributed by atoms with van der Waals surface area (Å²) in [6.07, 6.45) is 0.228. The number of rotatable bonds is 15. The summed E-state index contributed by atoms with van der Waals surface area (Å²) < 4.78 is 40.4. The Labute approximate surface area is 288 Å². The highest BCUT2D eigenvalue weighted by molar-refractivity contribution is 7.92.